The van der Waals surface area contributed by atoms with Crippen molar-refractivity contribution in [1.29, 1.82) is 0 Å². The molecule has 1 aliphatic heterocycles. The van der Waals surface area contributed by atoms with Crippen LogP contribution in [0.25, 0.3) is 11.5 Å². The van der Waals surface area contributed by atoms with Crippen LogP contribution in [0.15, 0.2) is 34.7 Å². The number of carbonyl (C=O) groups excluding carboxylic acids is 1. The van der Waals surface area contributed by atoms with Crippen LogP contribution in [0, 0.1) is 0 Å². The highest BCUT2D eigenvalue weighted by atomic mass is 19.4. The second kappa shape index (κ2) is 7.88. The van der Waals surface area contributed by atoms with Gasteiger partial charge in [-0.1, -0.05) is 18.2 Å². The third kappa shape index (κ3) is 4.41. The summed E-state index contributed by atoms with van der Waals surface area (Å²) in [6, 6.07) is 8.14. The number of alkyl halides is 3. The first-order valence-corrected chi connectivity index (χ1v) is 8.17. The van der Waals surface area contributed by atoms with Gasteiger partial charge in [-0.3, -0.25) is 9.69 Å². The molecule has 0 spiro atoms. The van der Waals surface area contributed by atoms with Crippen molar-refractivity contribution in [2.45, 2.75) is 6.18 Å². The quantitative estimate of drug-likeness (QED) is 0.877. The summed E-state index contributed by atoms with van der Waals surface area (Å²) in [5, 5.41) is 2.48. The number of nitrogens with zero attached hydrogens (tertiary/aromatic N) is 2. The minimum atomic E-state index is -4.81. The first-order chi connectivity index (χ1) is 12.4. The molecule has 1 N–H and O–H groups in total. The van der Waals surface area contributed by atoms with E-state index in [-0.39, 0.29) is 12.4 Å². The number of amides is 1. The smallest absolute Gasteiger partial charge is 0.431 e. The number of hydrogen-bond donors (Lipinski definition) is 1. The van der Waals surface area contributed by atoms with E-state index in [1.54, 1.807) is 30.3 Å². The fraction of sp³-hybridized carbons (Fsp3) is 0.412. The highest BCUT2D eigenvalue weighted by Crippen LogP contribution is 2.35. The van der Waals surface area contributed by atoms with E-state index >= 15 is 0 Å². The van der Waals surface area contributed by atoms with E-state index in [0.29, 0.717) is 25.3 Å². The minimum absolute atomic E-state index is 0.212. The molecule has 0 aliphatic carbocycles. The Kier molecular flexibility index (Phi) is 5.58. The normalized spacial score (nSPS) is 15.8. The van der Waals surface area contributed by atoms with Gasteiger partial charge in [0.25, 0.3) is 5.91 Å². The van der Waals surface area contributed by atoms with Crippen LogP contribution >= 0.6 is 0 Å². The minimum Gasteiger partial charge on any atom is -0.431 e. The van der Waals surface area contributed by atoms with Crippen LogP contribution in [-0.4, -0.2) is 55.2 Å². The average Bonchev–Trinajstić information content (AvgIpc) is 3.09. The SMILES string of the molecule is O=C(NCCN1CCOCC1)c1nc(-c2ccccc2)oc1C(F)(F)F. The summed E-state index contributed by atoms with van der Waals surface area (Å²) in [7, 11) is 0. The monoisotopic (exact) mass is 369 g/mol. The molecule has 9 heteroatoms. The van der Waals surface area contributed by atoms with Crippen LogP contribution in [-0.2, 0) is 10.9 Å². The van der Waals surface area contributed by atoms with Gasteiger partial charge in [-0.15, -0.1) is 0 Å². The third-order valence-corrected chi connectivity index (χ3v) is 3.94. The van der Waals surface area contributed by atoms with Gasteiger partial charge in [0.15, 0.2) is 5.69 Å². The van der Waals surface area contributed by atoms with Crippen molar-refractivity contribution in [3.05, 3.63) is 41.8 Å². The Morgan fingerprint density at radius 2 is 1.88 bits per heavy atom. The van der Waals surface area contributed by atoms with Crippen molar-refractivity contribution in [1.82, 2.24) is 15.2 Å². The maximum atomic E-state index is 13.2. The molecule has 1 amide bonds. The summed E-state index contributed by atoms with van der Waals surface area (Å²) in [5.41, 5.74) is -0.385. The molecule has 26 heavy (non-hydrogen) atoms. The standard InChI is InChI=1S/C17H18F3N3O3/c18-17(19,20)14-13(22-16(26-14)12-4-2-1-3-5-12)15(24)21-6-7-23-8-10-25-11-9-23/h1-5H,6-11H2,(H,21,24). The fourth-order valence-electron chi connectivity index (χ4n) is 2.61. The molecule has 1 fully saturated rings. The largest absolute Gasteiger partial charge is 0.452 e. The van der Waals surface area contributed by atoms with Crippen molar-refractivity contribution in [3.63, 3.8) is 0 Å². The van der Waals surface area contributed by atoms with Gasteiger partial charge in [-0.25, -0.2) is 4.98 Å². The first-order valence-electron chi connectivity index (χ1n) is 8.17. The zero-order valence-corrected chi connectivity index (χ0v) is 13.9. The van der Waals surface area contributed by atoms with Crippen molar-refractivity contribution >= 4 is 5.91 Å². The number of nitrogens with one attached hydrogen (secondary N) is 1. The summed E-state index contributed by atoms with van der Waals surface area (Å²) in [6.45, 7) is 3.41. The van der Waals surface area contributed by atoms with Crippen LogP contribution in [0.3, 0.4) is 0 Å². The van der Waals surface area contributed by atoms with E-state index in [9.17, 15) is 18.0 Å². The number of ether oxygens (including phenoxy) is 1. The van der Waals surface area contributed by atoms with Gasteiger partial charge in [0.05, 0.1) is 13.2 Å². The molecule has 0 saturated carbocycles. The maximum Gasteiger partial charge on any atom is 0.452 e. The van der Waals surface area contributed by atoms with Crippen LogP contribution < -0.4 is 5.32 Å². The Morgan fingerprint density at radius 3 is 2.54 bits per heavy atom. The van der Waals surface area contributed by atoms with Gasteiger partial charge < -0.3 is 14.5 Å². The predicted octanol–water partition coefficient (Wildman–Crippen LogP) is 2.42. The summed E-state index contributed by atoms with van der Waals surface area (Å²) in [5.74, 6) is -2.53. The number of carbonyl (C=O) groups is 1. The van der Waals surface area contributed by atoms with Crippen molar-refractivity contribution in [2.24, 2.45) is 0 Å². The van der Waals surface area contributed by atoms with E-state index in [0.717, 1.165) is 13.1 Å². The Balaban J connectivity index is 1.72. The van der Waals surface area contributed by atoms with Crippen LogP contribution in [0.2, 0.25) is 0 Å². The Labute approximate surface area is 147 Å². The molecule has 2 aromatic rings. The zero-order valence-electron chi connectivity index (χ0n) is 13.9. The Hall–Kier alpha value is -2.39. The number of morpholine rings is 1. The number of aromatic nitrogens is 1. The second-order valence-corrected chi connectivity index (χ2v) is 5.77. The summed E-state index contributed by atoms with van der Waals surface area (Å²) in [4.78, 5) is 18.1. The van der Waals surface area contributed by atoms with Crippen molar-refractivity contribution < 1.29 is 27.1 Å². The van der Waals surface area contributed by atoms with E-state index < -0.39 is 23.5 Å². The van der Waals surface area contributed by atoms with Gasteiger partial charge >= 0.3 is 6.18 Å². The predicted molar refractivity (Wildman–Crippen MR) is 86.5 cm³/mol. The number of halogens is 3. The fourth-order valence-corrected chi connectivity index (χ4v) is 2.61. The molecule has 2 heterocycles. The lowest BCUT2D eigenvalue weighted by Crippen LogP contribution is -2.41. The highest BCUT2D eigenvalue weighted by molar-refractivity contribution is 5.93. The maximum absolute atomic E-state index is 13.2. The lowest BCUT2D eigenvalue weighted by molar-refractivity contribution is -0.153. The number of benzene rings is 1. The number of oxazole rings is 1. The molecule has 0 bridgehead atoms. The van der Waals surface area contributed by atoms with Gasteiger partial charge in [-0.05, 0) is 12.1 Å². The lowest BCUT2D eigenvalue weighted by Gasteiger charge is -2.26. The van der Waals surface area contributed by atoms with Crippen molar-refractivity contribution in [3.8, 4) is 11.5 Å². The van der Waals surface area contributed by atoms with E-state index in [2.05, 4.69) is 15.2 Å². The topological polar surface area (TPSA) is 67.6 Å². The van der Waals surface area contributed by atoms with E-state index in [4.69, 9.17) is 9.15 Å². The molecule has 6 nitrogen and oxygen atoms in total. The highest BCUT2D eigenvalue weighted by Gasteiger charge is 2.41. The van der Waals surface area contributed by atoms with Gasteiger partial charge in [0.2, 0.25) is 11.7 Å². The molecule has 1 saturated heterocycles. The van der Waals surface area contributed by atoms with E-state index in [1.807, 2.05) is 0 Å². The first kappa shape index (κ1) is 18.4. The number of rotatable bonds is 5. The van der Waals surface area contributed by atoms with Crippen LogP contribution in [0.1, 0.15) is 16.2 Å². The van der Waals surface area contributed by atoms with Gasteiger partial charge in [-0.2, -0.15) is 13.2 Å². The van der Waals surface area contributed by atoms with Crippen LogP contribution in [0.5, 0.6) is 0 Å². The van der Waals surface area contributed by atoms with Gasteiger partial charge in [0.1, 0.15) is 0 Å². The molecular formula is C17H18F3N3O3. The average molecular weight is 369 g/mol. The summed E-state index contributed by atoms with van der Waals surface area (Å²) >= 11 is 0. The molecule has 1 aromatic heterocycles. The molecule has 0 radical (unpaired) electrons. The van der Waals surface area contributed by atoms with Crippen molar-refractivity contribution in [2.75, 3.05) is 39.4 Å². The molecule has 1 aromatic carbocycles. The lowest BCUT2D eigenvalue weighted by atomic mass is 10.2. The molecule has 140 valence electrons. The molecule has 1 aliphatic rings. The molecule has 0 unspecified atom stereocenters. The molecular weight excluding hydrogens is 351 g/mol. The summed E-state index contributed by atoms with van der Waals surface area (Å²) in [6.07, 6.45) is -4.81. The second-order valence-electron chi connectivity index (χ2n) is 5.77. The van der Waals surface area contributed by atoms with Gasteiger partial charge in [0, 0.05) is 31.7 Å². The van der Waals surface area contributed by atoms with E-state index in [1.165, 1.54) is 0 Å². The summed E-state index contributed by atoms with van der Waals surface area (Å²) < 4.78 is 49.7. The van der Waals surface area contributed by atoms with Crippen LogP contribution in [0.4, 0.5) is 13.2 Å². The molecule has 0 atom stereocenters. The Bertz CT molecular complexity index is 741. The Morgan fingerprint density at radius 1 is 1.19 bits per heavy atom. The third-order valence-electron chi connectivity index (χ3n) is 3.94. The zero-order chi connectivity index (χ0) is 18.6. The molecule has 3 rings (SSSR count). The number of hydrogen-bond acceptors (Lipinski definition) is 5.